The van der Waals surface area contributed by atoms with Crippen molar-refractivity contribution in [3.8, 4) is 11.8 Å². The number of pyridine rings is 1. The molecule has 4 aromatic rings. The van der Waals surface area contributed by atoms with Gasteiger partial charge in [0.05, 0.1) is 17.8 Å². The molecule has 1 aliphatic heterocycles. The maximum absolute atomic E-state index is 13.4. The van der Waals surface area contributed by atoms with E-state index in [9.17, 15) is 31.1 Å². The number of carbonyl (C=O) groups is 1. The molecule has 2 atom stereocenters. The lowest BCUT2D eigenvalue weighted by atomic mass is 9.75. The molecule has 1 aliphatic carbocycles. The molecule has 1 aromatic heterocycles. The predicted octanol–water partition coefficient (Wildman–Crippen LogP) is 11.6. The molecule has 2 aliphatic rings. The van der Waals surface area contributed by atoms with E-state index < -0.39 is 37.1 Å². The Hall–Kier alpha value is -5.28. The van der Waals surface area contributed by atoms with E-state index in [0.717, 1.165) is 40.1 Å². The van der Waals surface area contributed by atoms with Crippen LogP contribution < -0.4 is 10.1 Å². The van der Waals surface area contributed by atoms with Crippen molar-refractivity contribution >= 4 is 28.9 Å². The third kappa shape index (κ3) is 10.3. The number of anilines is 1. The van der Waals surface area contributed by atoms with Crippen LogP contribution in [0, 0.1) is 17.2 Å². The maximum atomic E-state index is 13.4. The molecule has 6 rings (SSSR count). The first-order valence-corrected chi connectivity index (χ1v) is 17.8. The highest BCUT2D eigenvalue weighted by molar-refractivity contribution is 6.30. The van der Waals surface area contributed by atoms with E-state index in [1.165, 1.54) is 17.8 Å². The number of nitriles is 1. The van der Waals surface area contributed by atoms with Gasteiger partial charge in [0.15, 0.2) is 6.61 Å². The molecule has 0 radical (unpaired) electrons. The van der Waals surface area contributed by atoms with Crippen molar-refractivity contribution in [1.82, 2.24) is 9.88 Å². The summed E-state index contributed by atoms with van der Waals surface area (Å²) < 4.78 is 81.5. The van der Waals surface area contributed by atoms with Crippen molar-refractivity contribution in [2.24, 2.45) is 5.92 Å². The van der Waals surface area contributed by atoms with E-state index in [2.05, 4.69) is 52.5 Å². The number of allylic oxidation sites excluding steroid dienone is 2. The number of rotatable bonds is 11. The number of nitrogens with zero attached hydrogens (tertiary/aromatic N) is 3. The molecule has 0 spiro atoms. The summed E-state index contributed by atoms with van der Waals surface area (Å²) in [7, 11) is 0. The molecule has 1 fully saturated rings. The van der Waals surface area contributed by atoms with Crippen LogP contribution in [-0.2, 0) is 12.0 Å². The number of fused-ring (bicyclic) bond motifs is 1. The van der Waals surface area contributed by atoms with Gasteiger partial charge in [0.25, 0.3) is 0 Å². The Morgan fingerprint density at radius 2 is 1.69 bits per heavy atom. The zero-order valence-electron chi connectivity index (χ0n) is 30.2. The van der Waals surface area contributed by atoms with Gasteiger partial charge < -0.3 is 15.0 Å². The van der Waals surface area contributed by atoms with Crippen LogP contribution in [-0.4, -0.2) is 41.4 Å². The first-order chi connectivity index (χ1) is 25.9. The molecule has 2 heterocycles. The number of hydrogen-bond acceptors (Lipinski definition) is 4. The Labute approximate surface area is 321 Å². The highest BCUT2D eigenvalue weighted by Crippen LogP contribution is 2.57. The number of nitrogens with one attached hydrogen (secondary N) is 1. The smallest absolute Gasteiger partial charge is 0.422 e. The van der Waals surface area contributed by atoms with Crippen molar-refractivity contribution in [2.75, 3.05) is 18.5 Å². The van der Waals surface area contributed by atoms with Gasteiger partial charge in [0.2, 0.25) is 0 Å². The van der Waals surface area contributed by atoms with Gasteiger partial charge in [-0.2, -0.15) is 31.6 Å². The first-order valence-electron chi connectivity index (χ1n) is 17.4. The van der Waals surface area contributed by atoms with Crippen LogP contribution in [0.3, 0.4) is 0 Å². The van der Waals surface area contributed by atoms with Gasteiger partial charge in [0, 0.05) is 27.9 Å². The molecule has 3 aromatic carbocycles. The summed E-state index contributed by atoms with van der Waals surface area (Å²) in [6.07, 6.45) is -4.70. The van der Waals surface area contributed by atoms with Gasteiger partial charge in [-0.1, -0.05) is 79.2 Å². The second-order valence-corrected chi connectivity index (χ2v) is 14.3. The van der Waals surface area contributed by atoms with E-state index in [1.54, 1.807) is 48.5 Å². The third-order valence-corrected chi connectivity index (χ3v) is 9.66. The topological polar surface area (TPSA) is 78.2 Å². The number of carbonyl (C=O) groups excluding carboxylic acids is 1. The fraction of sp³-hybridized carbons (Fsp3) is 0.310. The van der Waals surface area contributed by atoms with E-state index in [1.807, 2.05) is 19.9 Å². The van der Waals surface area contributed by atoms with Crippen LogP contribution >= 0.6 is 11.6 Å². The molecule has 288 valence electrons. The summed E-state index contributed by atoms with van der Waals surface area (Å²) in [5.74, 6) is 0.0506. The lowest BCUT2D eigenvalue weighted by molar-refractivity contribution is -0.153. The Bertz CT molecular complexity index is 2050. The summed E-state index contributed by atoms with van der Waals surface area (Å²) in [4.78, 5) is 17.9. The zero-order chi connectivity index (χ0) is 40.1. The number of ether oxygens (including phenoxy) is 1. The highest BCUT2D eigenvalue weighted by Gasteiger charge is 2.58. The number of alkyl halides is 6. The summed E-state index contributed by atoms with van der Waals surface area (Å²) in [6, 6.07) is 23.9. The zero-order valence-corrected chi connectivity index (χ0v) is 31.0. The van der Waals surface area contributed by atoms with Crippen molar-refractivity contribution in [2.45, 2.75) is 63.3 Å². The summed E-state index contributed by atoms with van der Waals surface area (Å²) in [5, 5.41) is 12.0. The Morgan fingerprint density at radius 3 is 2.24 bits per heavy atom. The minimum absolute atomic E-state index is 0.111. The summed E-state index contributed by atoms with van der Waals surface area (Å²) in [5.41, 5.74) is 5.82. The lowest BCUT2D eigenvalue weighted by Gasteiger charge is -2.49. The Balaban J connectivity index is 0.000000211. The van der Waals surface area contributed by atoms with Crippen LogP contribution in [0.1, 0.15) is 72.5 Å². The molecule has 6 nitrogen and oxygen atoms in total. The van der Waals surface area contributed by atoms with Crippen LogP contribution in [0.25, 0.3) is 5.57 Å². The van der Waals surface area contributed by atoms with Gasteiger partial charge >= 0.3 is 18.4 Å². The molecular formula is C42H39ClF6N4O2. The Morgan fingerprint density at radius 1 is 1.02 bits per heavy atom. The second kappa shape index (κ2) is 16.6. The quantitative estimate of drug-likeness (QED) is 0.121. The molecule has 1 N–H and O–H groups in total. The van der Waals surface area contributed by atoms with Gasteiger partial charge in [-0.3, -0.25) is 4.98 Å². The van der Waals surface area contributed by atoms with Gasteiger partial charge in [0.1, 0.15) is 17.8 Å². The maximum Gasteiger partial charge on any atom is 0.422 e. The van der Waals surface area contributed by atoms with E-state index in [-0.39, 0.29) is 17.6 Å². The predicted molar refractivity (Wildman–Crippen MR) is 201 cm³/mol. The minimum Gasteiger partial charge on any atom is -0.483 e. The van der Waals surface area contributed by atoms with E-state index in [4.69, 9.17) is 16.9 Å². The molecule has 0 bridgehead atoms. The number of amides is 2. The van der Waals surface area contributed by atoms with E-state index >= 15 is 0 Å². The Kier molecular flexibility index (Phi) is 12.4. The van der Waals surface area contributed by atoms with Crippen molar-refractivity contribution < 1.29 is 35.9 Å². The van der Waals surface area contributed by atoms with Crippen molar-refractivity contribution in [3.63, 3.8) is 0 Å². The van der Waals surface area contributed by atoms with E-state index in [0.29, 0.717) is 40.2 Å². The fourth-order valence-electron chi connectivity index (χ4n) is 6.83. The number of hydrogen-bond donors (Lipinski definition) is 1. The summed E-state index contributed by atoms with van der Waals surface area (Å²) >= 11 is 6.18. The number of benzene rings is 3. The normalized spacial score (nSPS) is 17.2. The second-order valence-electron chi connectivity index (χ2n) is 13.9. The van der Waals surface area contributed by atoms with Crippen LogP contribution in [0.5, 0.6) is 5.75 Å². The van der Waals surface area contributed by atoms with Crippen LogP contribution in [0.4, 0.5) is 36.8 Å². The number of aromatic nitrogens is 1. The first kappa shape index (κ1) is 40.9. The molecule has 13 heteroatoms. The highest BCUT2D eigenvalue weighted by atomic mass is 35.5. The molecular weight excluding hydrogens is 742 g/mol. The number of urea groups is 1. The summed E-state index contributed by atoms with van der Waals surface area (Å²) in [6.45, 7) is 9.37. The van der Waals surface area contributed by atoms with Crippen molar-refractivity contribution in [1.29, 1.82) is 5.26 Å². The fourth-order valence-corrected chi connectivity index (χ4v) is 7.00. The largest absolute Gasteiger partial charge is 0.483 e. The molecule has 55 heavy (non-hydrogen) atoms. The molecule has 1 saturated carbocycles. The molecule has 0 saturated heterocycles. The van der Waals surface area contributed by atoms with Crippen LogP contribution in [0.15, 0.2) is 104 Å². The van der Waals surface area contributed by atoms with Gasteiger partial charge in [-0.15, -0.1) is 0 Å². The lowest BCUT2D eigenvalue weighted by Crippen LogP contribution is -2.59. The molecule has 1 unspecified atom stereocenters. The van der Waals surface area contributed by atoms with Crippen molar-refractivity contribution in [3.05, 3.63) is 142 Å². The van der Waals surface area contributed by atoms with Gasteiger partial charge in [-0.25, -0.2) is 4.79 Å². The molecule has 2 amide bonds. The standard InChI is InChI=1S/C22H24F3NO.C20H15ClF3N3O/c1-15(2)19-7-5-18(6-8-19)12-16(3)11-17(4)21-10-9-20(13-26-21)27-14-22(23,24)25;21-15-7-8-17-16(9-15)20(14-5-6-14,13-3-1-12(10-25)2-4-13)27(18(28)26-17)11-19(22,23)24/h5-10,13,17H,1,3,11-12,14H2,2,4H3;1-4,7-9,14H,5-6,11H2,(H,26,28)/t17-;/m0./s1. The SMILES string of the molecule is C=C(Cc1ccc(C(=C)C)cc1)C[C@H](C)c1ccc(OCC(F)(F)F)cn1.N#Cc1ccc(C2(C3CC3)c3cc(Cl)ccc3NC(=O)N2CC(F)(F)F)cc1. The minimum atomic E-state index is -4.57. The van der Waals surface area contributed by atoms with Crippen LogP contribution in [0.2, 0.25) is 5.02 Å². The number of halogens is 7. The average molecular weight is 781 g/mol. The third-order valence-electron chi connectivity index (χ3n) is 9.43. The van der Waals surface area contributed by atoms with Gasteiger partial charge in [-0.05, 0) is 97.7 Å². The average Bonchev–Trinajstić information content (AvgIpc) is 3.98. The monoisotopic (exact) mass is 780 g/mol.